The Hall–Kier alpha value is -4.08. The van der Waals surface area contributed by atoms with Gasteiger partial charge >= 0.3 is 0 Å². The summed E-state index contributed by atoms with van der Waals surface area (Å²) in [6.07, 6.45) is 9.82. The van der Waals surface area contributed by atoms with Crippen LogP contribution in [-0.2, 0) is 12.0 Å². The number of hydrogen-bond donors (Lipinski definition) is 4. The van der Waals surface area contributed by atoms with Gasteiger partial charge in [0.05, 0.1) is 30.2 Å². The number of anilines is 1. The second-order valence-corrected chi connectivity index (χ2v) is 11.0. The van der Waals surface area contributed by atoms with E-state index in [1.54, 1.807) is 36.6 Å². The Kier molecular flexibility index (Phi) is 11.4. The highest BCUT2D eigenvalue weighted by Crippen LogP contribution is 2.37. The number of amides is 1. The number of aryl methyl sites for hydroxylation is 2. The summed E-state index contributed by atoms with van der Waals surface area (Å²) in [5, 5.41) is 15.3. The summed E-state index contributed by atoms with van der Waals surface area (Å²) >= 11 is 3.03. The number of ether oxygens (including phenoxy) is 1. The first-order chi connectivity index (χ1) is 20.1. The first-order valence-electron chi connectivity index (χ1n) is 13.9. The summed E-state index contributed by atoms with van der Waals surface area (Å²) in [5.74, 6) is 0.656. The molecular formula is C33H42N6O2S. The minimum absolute atomic E-state index is 0.00151. The van der Waals surface area contributed by atoms with Crippen LogP contribution >= 0.6 is 12.8 Å². The summed E-state index contributed by atoms with van der Waals surface area (Å²) in [4.78, 5) is 16.8. The van der Waals surface area contributed by atoms with Crippen molar-refractivity contribution in [3.05, 3.63) is 107 Å². The van der Waals surface area contributed by atoms with E-state index in [0.29, 0.717) is 12.1 Å². The molecule has 42 heavy (non-hydrogen) atoms. The van der Waals surface area contributed by atoms with Crippen LogP contribution in [0.5, 0.6) is 5.75 Å². The molecule has 9 heteroatoms. The molecule has 8 nitrogen and oxygen atoms in total. The van der Waals surface area contributed by atoms with Crippen LogP contribution in [0.25, 0.3) is 11.4 Å². The SMILES string of the molecule is CCC=C(Nc1cc(C(C)(C)C)cc(C)c1OC)c1ccc(C)c(-n2cc(C(=O)NCc3ccncc3)cn2)c1.NS. The van der Waals surface area contributed by atoms with Gasteiger partial charge in [-0.25, -0.2) is 4.68 Å². The second kappa shape index (κ2) is 14.7. The molecular weight excluding hydrogens is 544 g/mol. The number of benzene rings is 2. The maximum absolute atomic E-state index is 12.8. The number of aromatic nitrogens is 3. The number of thiol groups is 1. The van der Waals surface area contributed by atoms with E-state index in [4.69, 9.17) is 4.74 Å². The van der Waals surface area contributed by atoms with Crippen molar-refractivity contribution in [1.29, 1.82) is 0 Å². The monoisotopic (exact) mass is 586 g/mol. The number of rotatable bonds is 9. The molecule has 2 heterocycles. The van der Waals surface area contributed by atoms with Crippen molar-refractivity contribution in [2.45, 2.75) is 59.9 Å². The standard InChI is InChI=1S/C33H39N5O2.H3NS/c1-8-9-28(37-29-18-27(33(4,5)6)16-23(3)31(29)40-7)25-11-10-22(2)30(17-25)38-21-26(20-36-38)32(39)35-19-24-12-14-34-15-13-24;1-2/h9-18,20-21,37H,8,19H2,1-7H3,(H,35,39);2H,1H2. The normalized spacial score (nSPS) is 11.4. The Morgan fingerprint density at radius 1 is 1.05 bits per heavy atom. The fourth-order valence-corrected chi connectivity index (χ4v) is 4.54. The van der Waals surface area contributed by atoms with Crippen molar-refractivity contribution in [3.63, 3.8) is 0 Å². The van der Waals surface area contributed by atoms with Gasteiger partial charge in [0.2, 0.25) is 0 Å². The van der Waals surface area contributed by atoms with Gasteiger partial charge in [0.1, 0.15) is 5.75 Å². The molecule has 0 unspecified atom stereocenters. The van der Waals surface area contributed by atoms with Crippen molar-refractivity contribution >= 4 is 30.1 Å². The number of pyridine rings is 1. The minimum atomic E-state index is -0.175. The van der Waals surface area contributed by atoms with Gasteiger partial charge in [-0.05, 0) is 77.8 Å². The van der Waals surface area contributed by atoms with Gasteiger partial charge in [0.15, 0.2) is 0 Å². The molecule has 4 N–H and O–H groups in total. The van der Waals surface area contributed by atoms with Gasteiger partial charge in [0, 0.05) is 30.8 Å². The molecule has 0 aliphatic carbocycles. The zero-order valence-corrected chi connectivity index (χ0v) is 26.4. The van der Waals surface area contributed by atoms with Gasteiger partial charge in [-0.2, -0.15) is 5.10 Å². The summed E-state index contributed by atoms with van der Waals surface area (Å²) in [7, 11) is 1.71. The molecule has 0 saturated heterocycles. The third-order valence-electron chi connectivity index (χ3n) is 6.84. The fourth-order valence-electron chi connectivity index (χ4n) is 4.54. The minimum Gasteiger partial charge on any atom is -0.494 e. The van der Waals surface area contributed by atoms with Gasteiger partial charge in [-0.3, -0.25) is 14.9 Å². The number of hydrogen-bond acceptors (Lipinski definition) is 7. The lowest BCUT2D eigenvalue weighted by atomic mass is 9.85. The molecule has 0 atom stereocenters. The number of carbonyl (C=O) groups excluding carboxylic acids is 1. The summed E-state index contributed by atoms with van der Waals surface area (Å²) in [6.45, 7) is 13.3. The maximum atomic E-state index is 12.8. The fraction of sp³-hybridized carbons (Fsp3) is 0.303. The summed E-state index contributed by atoms with van der Waals surface area (Å²) in [5.41, 5.74) is 8.70. The van der Waals surface area contributed by atoms with Crippen molar-refractivity contribution < 1.29 is 9.53 Å². The average Bonchev–Trinajstić information content (AvgIpc) is 3.47. The molecule has 0 fully saturated rings. The lowest BCUT2D eigenvalue weighted by Crippen LogP contribution is -2.22. The van der Waals surface area contributed by atoms with E-state index in [1.165, 1.54) is 5.56 Å². The average molecular weight is 587 g/mol. The third kappa shape index (κ3) is 8.02. The Morgan fingerprint density at radius 3 is 2.40 bits per heavy atom. The van der Waals surface area contributed by atoms with E-state index in [-0.39, 0.29) is 11.3 Å². The van der Waals surface area contributed by atoms with Crippen LogP contribution in [0.15, 0.2) is 73.3 Å². The largest absolute Gasteiger partial charge is 0.494 e. The molecule has 0 radical (unpaired) electrons. The smallest absolute Gasteiger partial charge is 0.254 e. The molecule has 2 aromatic heterocycles. The summed E-state index contributed by atoms with van der Waals surface area (Å²) < 4.78 is 7.56. The van der Waals surface area contributed by atoms with Crippen LogP contribution in [0.4, 0.5) is 5.69 Å². The zero-order valence-electron chi connectivity index (χ0n) is 25.5. The number of nitrogens with two attached hydrogens (primary N) is 1. The van der Waals surface area contributed by atoms with Crippen LogP contribution in [0, 0.1) is 13.8 Å². The zero-order chi connectivity index (χ0) is 30.9. The number of nitrogens with zero attached hydrogens (tertiary/aromatic N) is 3. The van der Waals surface area contributed by atoms with E-state index in [1.807, 2.05) is 19.1 Å². The maximum Gasteiger partial charge on any atom is 0.254 e. The van der Waals surface area contributed by atoms with E-state index in [0.717, 1.165) is 51.5 Å². The van der Waals surface area contributed by atoms with Crippen LogP contribution in [0.2, 0.25) is 0 Å². The van der Waals surface area contributed by atoms with E-state index in [2.05, 4.69) is 110 Å². The summed E-state index contributed by atoms with van der Waals surface area (Å²) in [6, 6.07) is 14.4. The molecule has 4 aromatic rings. The van der Waals surface area contributed by atoms with Crippen molar-refractivity contribution in [1.82, 2.24) is 20.1 Å². The Labute approximate surface area is 254 Å². The van der Waals surface area contributed by atoms with E-state index >= 15 is 0 Å². The number of allylic oxidation sites excluding steroid dienone is 1. The van der Waals surface area contributed by atoms with E-state index < -0.39 is 0 Å². The second-order valence-electron chi connectivity index (χ2n) is 11.0. The van der Waals surface area contributed by atoms with Gasteiger partial charge in [-0.15, -0.1) is 12.8 Å². The van der Waals surface area contributed by atoms with Crippen LogP contribution < -0.4 is 20.5 Å². The molecule has 2 aromatic carbocycles. The molecule has 0 bridgehead atoms. The highest BCUT2D eigenvalue weighted by atomic mass is 32.1. The predicted molar refractivity (Wildman–Crippen MR) is 175 cm³/mol. The van der Waals surface area contributed by atoms with Crippen molar-refractivity contribution in [2.24, 2.45) is 5.14 Å². The van der Waals surface area contributed by atoms with Gasteiger partial charge in [-0.1, -0.05) is 52.0 Å². The van der Waals surface area contributed by atoms with Crippen molar-refractivity contribution in [2.75, 3.05) is 12.4 Å². The van der Waals surface area contributed by atoms with Gasteiger partial charge in [0.25, 0.3) is 5.91 Å². The van der Waals surface area contributed by atoms with Gasteiger partial charge < -0.3 is 15.4 Å². The lowest BCUT2D eigenvalue weighted by Gasteiger charge is -2.24. The highest BCUT2D eigenvalue weighted by molar-refractivity contribution is 7.77. The molecule has 0 aliphatic heterocycles. The number of nitrogens with one attached hydrogen (secondary N) is 2. The van der Waals surface area contributed by atoms with Crippen LogP contribution in [0.3, 0.4) is 0 Å². The Bertz CT molecular complexity index is 1520. The molecule has 222 valence electrons. The lowest BCUT2D eigenvalue weighted by molar-refractivity contribution is 0.0951. The molecule has 0 aliphatic rings. The molecule has 4 rings (SSSR count). The first-order valence-corrected chi connectivity index (χ1v) is 14.4. The van der Waals surface area contributed by atoms with E-state index in [9.17, 15) is 4.79 Å². The predicted octanol–water partition coefficient (Wildman–Crippen LogP) is 6.77. The number of methoxy groups -OCH3 is 1. The molecule has 0 saturated carbocycles. The molecule has 1 amide bonds. The first kappa shape index (κ1) is 32.4. The highest BCUT2D eigenvalue weighted by Gasteiger charge is 2.19. The Balaban J connectivity index is 0.00000237. The quantitative estimate of drug-likeness (QED) is 0.161. The van der Waals surface area contributed by atoms with Crippen molar-refractivity contribution in [3.8, 4) is 11.4 Å². The van der Waals surface area contributed by atoms with Crippen LogP contribution in [-0.4, -0.2) is 27.8 Å². The number of carbonyl (C=O) groups is 1. The molecule has 0 spiro atoms. The Morgan fingerprint density at radius 2 is 1.76 bits per heavy atom. The topological polar surface area (TPSA) is 107 Å². The third-order valence-corrected chi connectivity index (χ3v) is 6.84. The van der Waals surface area contributed by atoms with Crippen LogP contribution in [0.1, 0.15) is 72.3 Å².